The van der Waals surface area contributed by atoms with Gasteiger partial charge in [0.05, 0.1) is 6.54 Å². The molecule has 0 aromatic heterocycles. The third-order valence-corrected chi connectivity index (χ3v) is 2.32. The normalized spacial score (nSPS) is 14.9. The average Bonchev–Trinajstić information content (AvgIpc) is 2.79. The number of guanidine groups is 1. The van der Waals surface area contributed by atoms with Crippen LogP contribution in [-0.2, 0) is 6.54 Å². The van der Waals surface area contributed by atoms with Crippen LogP contribution in [0.1, 0.15) is 5.56 Å². The standard InChI is InChI=1S/C11H12F3N3O/c12-11(13,14)18-9-4-2-1-3-8(9)7-17-10-15-5-6-16-10/h1-4H,5-7H2,(H2,15,16,17). The van der Waals surface area contributed by atoms with E-state index in [1.165, 1.54) is 12.1 Å². The number of nitrogens with one attached hydrogen (secondary N) is 2. The topological polar surface area (TPSA) is 45.6 Å². The minimum absolute atomic E-state index is 0.198. The van der Waals surface area contributed by atoms with Crippen molar-refractivity contribution in [2.24, 2.45) is 4.99 Å². The van der Waals surface area contributed by atoms with Gasteiger partial charge < -0.3 is 15.4 Å². The molecule has 0 bridgehead atoms. The van der Waals surface area contributed by atoms with Crippen LogP contribution in [0.15, 0.2) is 29.3 Å². The zero-order valence-electron chi connectivity index (χ0n) is 9.42. The molecule has 0 unspecified atom stereocenters. The predicted molar refractivity (Wildman–Crippen MR) is 60.3 cm³/mol. The van der Waals surface area contributed by atoms with Gasteiger partial charge in [-0.3, -0.25) is 4.99 Å². The third kappa shape index (κ3) is 3.54. The number of aliphatic imine (C=N–C) groups is 1. The smallest absolute Gasteiger partial charge is 0.405 e. The molecule has 0 atom stereocenters. The van der Waals surface area contributed by atoms with Gasteiger partial charge in [-0.05, 0) is 6.07 Å². The zero-order chi connectivity index (χ0) is 13.0. The maximum absolute atomic E-state index is 12.2. The Labute approximate surface area is 102 Å². The minimum Gasteiger partial charge on any atom is -0.405 e. The van der Waals surface area contributed by atoms with Crippen LogP contribution in [0.3, 0.4) is 0 Å². The fourth-order valence-corrected chi connectivity index (χ4v) is 1.57. The Morgan fingerprint density at radius 1 is 1.33 bits per heavy atom. The van der Waals surface area contributed by atoms with Gasteiger partial charge in [0, 0.05) is 18.7 Å². The molecule has 0 aliphatic carbocycles. The van der Waals surface area contributed by atoms with Crippen molar-refractivity contribution in [2.45, 2.75) is 12.9 Å². The summed E-state index contributed by atoms with van der Waals surface area (Å²) in [5.41, 5.74) is 0.422. The molecular formula is C11H12F3N3O. The number of benzene rings is 1. The number of alkyl halides is 3. The molecule has 1 aliphatic heterocycles. The van der Waals surface area contributed by atoms with E-state index >= 15 is 0 Å². The lowest BCUT2D eigenvalue weighted by molar-refractivity contribution is -0.274. The van der Waals surface area contributed by atoms with E-state index in [0.717, 1.165) is 6.54 Å². The molecule has 0 radical (unpaired) electrons. The van der Waals surface area contributed by atoms with Crippen LogP contribution in [0.25, 0.3) is 0 Å². The Kier molecular flexibility index (Phi) is 3.59. The number of hydrogen-bond acceptors (Lipinski definition) is 4. The van der Waals surface area contributed by atoms with Crippen LogP contribution in [0.5, 0.6) is 5.75 Å². The fraction of sp³-hybridized carbons (Fsp3) is 0.364. The summed E-state index contributed by atoms with van der Waals surface area (Å²) < 4.78 is 40.5. The highest BCUT2D eigenvalue weighted by Gasteiger charge is 2.31. The number of halogens is 3. The number of nitrogens with zero attached hydrogens (tertiary/aromatic N) is 1. The van der Waals surface area contributed by atoms with Gasteiger partial charge in [0.15, 0.2) is 5.96 Å². The number of para-hydroxylation sites is 1. The second kappa shape index (κ2) is 5.16. The summed E-state index contributed by atoms with van der Waals surface area (Å²) in [5, 5.41) is 5.89. The lowest BCUT2D eigenvalue weighted by Crippen LogP contribution is -2.33. The van der Waals surface area contributed by atoms with Gasteiger partial charge in [0.25, 0.3) is 0 Å². The van der Waals surface area contributed by atoms with Crippen molar-refractivity contribution >= 4 is 5.96 Å². The van der Waals surface area contributed by atoms with E-state index < -0.39 is 6.36 Å². The monoisotopic (exact) mass is 259 g/mol. The molecule has 1 aromatic rings. The van der Waals surface area contributed by atoms with E-state index in [9.17, 15) is 13.2 Å². The lowest BCUT2D eigenvalue weighted by Gasteiger charge is -2.14. The highest BCUT2D eigenvalue weighted by molar-refractivity contribution is 5.81. The second-order valence-electron chi connectivity index (χ2n) is 3.67. The fourth-order valence-electron chi connectivity index (χ4n) is 1.57. The summed E-state index contributed by atoms with van der Waals surface area (Å²) >= 11 is 0. The van der Waals surface area contributed by atoms with E-state index in [2.05, 4.69) is 20.4 Å². The van der Waals surface area contributed by atoms with Gasteiger partial charge in [-0.2, -0.15) is 0 Å². The van der Waals surface area contributed by atoms with Crippen molar-refractivity contribution in [3.05, 3.63) is 29.8 Å². The largest absolute Gasteiger partial charge is 0.573 e. The summed E-state index contributed by atoms with van der Waals surface area (Å²) in [4.78, 5) is 4.09. The molecule has 0 fully saturated rings. The number of rotatable bonds is 3. The van der Waals surface area contributed by atoms with Gasteiger partial charge in [0.2, 0.25) is 0 Å². The van der Waals surface area contributed by atoms with Crippen molar-refractivity contribution in [3.63, 3.8) is 0 Å². The van der Waals surface area contributed by atoms with Crippen molar-refractivity contribution in [2.75, 3.05) is 13.1 Å². The Hall–Kier alpha value is -1.92. The molecule has 0 saturated carbocycles. The molecule has 98 valence electrons. The molecule has 1 aromatic carbocycles. The van der Waals surface area contributed by atoms with Crippen LogP contribution < -0.4 is 15.4 Å². The van der Waals surface area contributed by atoms with E-state index in [1.54, 1.807) is 12.1 Å². The molecule has 2 rings (SSSR count). The van der Waals surface area contributed by atoms with Crippen LogP contribution >= 0.6 is 0 Å². The minimum atomic E-state index is -4.68. The van der Waals surface area contributed by atoms with Crippen molar-refractivity contribution in [1.29, 1.82) is 0 Å². The SMILES string of the molecule is FC(F)(F)Oc1ccccc1CNC1=NCCN1. The maximum Gasteiger partial charge on any atom is 0.573 e. The van der Waals surface area contributed by atoms with E-state index in [0.29, 0.717) is 18.1 Å². The van der Waals surface area contributed by atoms with Crippen LogP contribution in [0, 0.1) is 0 Å². The predicted octanol–water partition coefficient (Wildman–Crippen LogP) is 1.63. The summed E-state index contributed by atoms with van der Waals surface area (Å²) in [7, 11) is 0. The Morgan fingerprint density at radius 2 is 2.11 bits per heavy atom. The Balaban J connectivity index is 2.02. The molecule has 18 heavy (non-hydrogen) atoms. The summed E-state index contributed by atoms with van der Waals surface area (Å²) in [6.07, 6.45) is -4.68. The van der Waals surface area contributed by atoms with Crippen molar-refractivity contribution < 1.29 is 17.9 Å². The molecular weight excluding hydrogens is 247 g/mol. The summed E-state index contributed by atoms with van der Waals surface area (Å²) in [5.74, 6) is 0.396. The van der Waals surface area contributed by atoms with Gasteiger partial charge in [-0.25, -0.2) is 0 Å². The first-order chi connectivity index (χ1) is 8.54. The summed E-state index contributed by atoms with van der Waals surface area (Å²) in [6.45, 7) is 1.63. The van der Waals surface area contributed by atoms with Crippen LogP contribution in [0.2, 0.25) is 0 Å². The Bertz CT molecular complexity index is 445. The van der Waals surface area contributed by atoms with Gasteiger partial charge in [0.1, 0.15) is 5.75 Å². The van der Waals surface area contributed by atoms with E-state index in [-0.39, 0.29) is 12.3 Å². The first-order valence-corrected chi connectivity index (χ1v) is 5.40. The van der Waals surface area contributed by atoms with E-state index in [1.807, 2.05) is 0 Å². The van der Waals surface area contributed by atoms with Crippen LogP contribution in [0.4, 0.5) is 13.2 Å². The highest BCUT2D eigenvalue weighted by Crippen LogP contribution is 2.25. The average molecular weight is 259 g/mol. The molecule has 0 spiro atoms. The maximum atomic E-state index is 12.2. The number of ether oxygens (including phenoxy) is 1. The molecule has 1 heterocycles. The molecule has 0 amide bonds. The van der Waals surface area contributed by atoms with Gasteiger partial charge >= 0.3 is 6.36 Å². The molecule has 0 saturated heterocycles. The van der Waals surface area contributed by atoms with Gasteiger partial charge in [-0.15, -0.1) is 13.2 Å². The highest BCUT2D eigenvalue weighted by atomic mass is 19.4. The third-order valence-electron chi connectivity index (χ3n) is 2.32. The first kappa shape index (κ1) is 12.5. The summed E-state index contributed by atoms with van der Waals surface area (Å²) in [6, 6.07) is 6.01. The quantitative estimate of drug-likeness (QED) is 0.867. The Morgan fingerprint density at radius 3 is 2.78 bits per heavy atom. The zero-order valence-corrected chi connectivity index (χ0v) is 9.42. The van der Waals surface area contributed by atoms with E-state index in [4.69, 9.17) is 0 Å². The van der Waals surface area contributed by atoms with Crippen molar-refractivity contribution in [3.8, 4) is 5.75 Å². The molecule has 2 N–H and O–H groups in total. The van der Waals surface area contributed by atoms with Crippen molar-refractivity contribution in [1.82, 2.24) is 10.6 Å². The molecule has 4 nitrogen and oxygen atoms in total. The van der Waals surface area contributed by atoms with Crippen LogP contribution in [-0.4, -0.2) is 25.4 Å². The molecule has 7 heteroatoms. The number of hydrogen-bond donors (Lipinski definition) is 2. The molecule has 1 aliphatic rings. The second-order valence-corrected chi connectivity index (χ2v) is 3.67. The van der Waals surface area contributed by atoms with Gasteiger partial charge in [-0.1, -0.05) is 18.2 Å². The lowest BCUT2D eigenvalue weighted by atomic mass is 10.2. The first-order valence-electron chi connectivity index (χ1n) is 5.40.